The molecular formula is C28H28NOP. The van der Waals surface area contributed by atoms with E-state index in [1.165, 1.54) is 11.1 Å². The van der Waals surface area contributed by atoms with Crippen LogP contribution in [0.4, 0.5) is 0 Å². The van der Waals surface area contributed by atoms with Crippen LogP contribution in [0.25, 0.3) is 0 Å². The van der Waals surface area contributed by atoms with Gasteiger partial charge < -0.3 is 0 Å². The van der Waals surface area contributed by atoms with Crippen molar-refractivity contribution in [3.05, 3.63) is 132 Å². The predicted molar refractivity (Wildman–Crippen MR) is 132 cm³/mol. The van der Waals surface area contributed by atoms with E-state index in [0.29, 0.717) is 0 Å². The van der Waals surface area contributed by atoms with Gasteiger partial charge in [-0.25, -0.2) is 0 Å². The van der Waals surface area contributed by atoms with E-state index >= 15 is 0 Å². The van der Waals surface area contributed by atoms with Crippen molar-refractivity contribution in [1.29, 1.82) is 0 Å². The molecular weight excluding hydrogens is 397 g/mol. The third kappa shape index (κ3) is 4.56. The first-order chi connectivity index (χ1) is 15.1. The number of benzene rings is 4. The Morgan fingerprint density at radius 2 is 1.10 bits per heavy atom. The van der Waals surface area contributed by atoms with Crippen LogP contribution in [0.2, 0.25) is 0 Å². The van der Waals surface area contributed by atoms with Crippen molar-refractivity contribution in [3.63, 3.8) is 0 Å². The van der Waals surface area contributed by atoms with Gasteiger partial charge >= 0.3 is 0 Å². The van der Waals surface area contributed by atoms with Gasteiger partial charge in [-0.2, -0.15) is 0 Å². The van der Waals surface area contributed by atoms with Gasteiger partial charge in [0.25, 0.3) is 0 Å². The maximum atomic E-state index is 14.7. The molecule has 0 heterocycles. The Labute approximate surface area is 185 Å². The predicted octanol–water partition coefficient (Wildman–Crippen LogP) is 6.36. The van der Waals surface area contributed by atoms with E-state index in [2.05, 4.69) is 55.3 Å². The highest BCUT2D eigenvalue weighted by molar-refractivity contribution is 7.76. The first kappa shape index (κ1) is 21.3. The van der Waals surface area contributed by atoms with Crippen LogP contribution in [0.3, 0.4) is 0 Å². The lowest BCUT2D eigenvalue weighted by molar-refractivity contribution is 0.522. The van der Waals surface area contributed by atoms with Crippen LogP contribution in [0.5, 0.6) is 0 Å². The van der Waals surface area contributed by atoms with E-state index in [4.69, 9.17) is 0 Å². The summed E-state index contributed by atoms with van der Waals surface area (Å²) in [4.78, 5) is 0. The molecule has 0 aliphatic heterocycles. The molecule has 0 radical (unpaired) electrons. The summed E-state index contributed by atoms with van der Waals surface area (Å²) in [5.41, 5.74) is 3.63. The molecule has 2 nitrogen and oxygen atoms in total. The SMILES string of the molecule is Cc1ccccc1C(C)C(NP(=O)(c1ccccc1)c1ccccc1)c1ccccc1. The number of hydrogen-bond donors (Lipinski definition) is 1. The normalized spacial score (nSPS) is 13.5. The van der Waals surface area contributed by atoms with Gasteiger partial charge in [-0.15, -0.1) is 0 Å². The second-order valence-corrected chi connectivity index (χ2v) is 10.5. The van der Waals surface area contributed by atoms with Crippen molar-refractivity contribution in [1.82, 2.24) is 5.09 Å². The van der Waals surface area contributed by atoms with Gasteiger partial charge in [-0.3, -0.25) is 9.65 Å². The Balaban J connectivity index is 1.84. The summed E-state index contributed by atoms with van der Waals surface area (Å²) < 4.78 is 14.7. The minimum atomic E-state index is -3.09. The zero-order valence-electron chi connectivity index (χ0n) is 18.0. The number of nitrogens with one attached hydrogen (secondary N) is 1. The lowest BCUT2D eigenvalue weighted by atomic mass is 9.87. The van der Waals surface area contributed by atoms with Gasteiger partial charge in [-0.05, 0) is 47.9 Å². The first-order valence-electron chi connectivity index (χ1n) is 10.7. The summed E-state index contributed by atoms with van der Waals surface area (Å²) in [6.07, 6.45) is 0. The molecule has 0 aliphatic carbocycles. The molecule has 31 heavy (non-hydrogen) atoms. The molecule has 0 saturated carbocycles. The summed E-state index contributed by atoms with van der Waals surface area (Å²) in [6.45, 7) is 4.36. The molecule has 0 fully saturated rings. The summed E-state index contributed by atoms with van der Waals surface area (Å²) in [5, 5.41) is 5.30. The Hall–Kier alpha value is -2.93. The second-order valence-electron chi connectivity index (χ2n) is 7.94. The van der Waals surface area contributed by atoms with Crippen molar-refractivity contribution < 1.29 is 4.57 Å². The molecule has 4 aromatic carbocycles. The standard InChI is InChI=1S/C28H28NOP/c1-22-14-12-13-21-27(22)23(2)28(24-15-6-3-7-16-24)29-31(30,25-17-8-4-9-18-25)26-19-10-5-11-20-26/h3-21,23,28H,1-2H3,(H,29,30). The third-order valence-corrected chi connectivity index (χ3v) is 8.59. The molecule has 0 spiro atoms. The molecule has 4 rings (SSSR count). The molecule has 0 aromatic heterocycles. The average Bonchev–Trinajstić information content (AvgIpc) is 2.84. The van der Waals surface area contributed by atoms with Crippen molar-refractivity contribution in [2.45, 2.75) is 25.8 Å². The van der Waals surface area contributed by atoms with Crippen LogP contribution >= 0.6 is 7.29 Å². The van der Waals surface area contributed by atoms with Gasteiger partial charge in [-0.1, -0.05) is 97.9 Å². The maximum Gasteiger partial charge on any atom is 0.205 e. The van der Waals surface area contributed by atoms with Gasteiger partial charge in [0, 0.05) is 22.6 Å². The third-order valence-electron chi connectivity index (χ3n) is 5.90. The van der Waals surface area contributed by atoms with E-state index in [1.54, 1.807) is 0 Å². The quantitative estimate of drug-likeness (QED) is 0.349. The van der Waals surface area contributed by atoms with Crippen LogP contribution in [-0.2, 0) is 4.57 Å². The number of hydrogen-bond acceptors (Lipinski definition) is 1. The zero-order valence-corrected chi connectivity index (χ0v) is 18.9. The topological polar surface area (TPSA) is 29.1 Å². The fourth-order valence-corrected chi connectivity index (χ4v) is 6.73. The Morgan fingerprint density at radius 1 is 0.645 bits per heavy atom. The van der Waals surface area contributed by atoms with E-state index in [-0.39, 0.29) is 12.0 Å². The molecule has 0 saturated heterocycles. The van der Waals surface area contributed by atoms with Gasteiger partial charge in [0.05, 0.1) is 0 Å². The largest absolute Gasteiger partial charge is 0.297 e. The fraction of sp³-hybridized carbons (Fsp3) is 0.143. The van der Waals surface area contributed by atoms with Gasteiger partial charge in [0.2, 0.25) is 7.29 Å². The highest BCUT2D eigenvalue weighted by Gasteiger charge is 2.33. The number of aryl methyl sites for hydroxylation is 1. The van der Waals surface area contributed by atoms with Crippen LogP contribution < -0.4 is 15.7 Å². The van der Waals surface area contributed by atoms with Crippen molar-refractivity contribution in [3.8, 4) is 0 Å². The zero-order chi connectivity index (χ0) is 21.7. The van der Waals surface area contributed by atoms with Crippen LogP contribution in [-0.4, -0.2) is 0 Å². The smallest absolute Gasteiger partial charge is 0.205 e. The Bertz CT molecular complexity index is 1120. The van der Waals surface area contributed by atoms with E-state index < -0.39 is 7.29 Å². The molecule has 0 aliphatic rings. The number of rotatable bonds is 7. The van der Waals surface area contributed by atoms with Crippen molar-refractivity contribution >= 4 is 17.9 Å². The van der Waals surface area contributed by atoms with Crippen molar-refractivity contribution in [2.75, 3.05) is 0 Å². The molecule has 3 heteroatoms. The minimum absolute atomic E-state index is 0.117. The van der Waals surface area contributed by atoms with Crippen LogP contribution in [0.15, 0.2) is 115 Å². The Morgan fingerprint density at radius 3 is 1.61 bits per heavy atom. The molecule has 0 bridgehead atoms. The summed E-state index contributed by atoms with van der Waals surface area (Å²) in [6, 6.07) is 38.3. The van der Waals surface area contributed by atoms with Crippen LogP contribution in [0, 0.1) is 6.92 Å². The Kier molecular flexibility index (Phi) is 6.51. The van der Waals surface area contributed by atoms with Gasteiger partial charge in [0.15, 0.2) is 0 Å². The maximum absolute atomic E-state index is 14.7. The summed E-state index contributed by atoms with van der Waals surface area (Å²) in [5.74, 6) is 0.129. The second kappa shape index (κ2) is 9.47. The minimum Gasteiger partial charge on any atom is -0.297 e. The lowest BCUT2D eigenvalue weighted by Gasteiger charge is -2.32. The molecule has 2 unspecified atom stereocenters. The molecule has 1 N–H and O–H groups in total. The highest BCUT2D eigenvalue weighted by Crippen LogP contribution is 2.45. The van der Waals surface area contributed by atoms with E-state index in [0.717, 1.165) is 16.2 Å². The fourth-order valence-electron chi connectivity index (χ4n) is 4.18. The molecule has 4 aromatic rings. The lowest BCUT2D eigenvalue weighted by Crippen LogP contribution is -2.33. The van der Waals surface area contributed by atoms with Crippen LogP contribution in [0.1, 0.15) is 35.6 Å². The molecule has 156 valence electrons. The molecule has 0 amide bonds. The van der Waals surface area contributed by atoms with Crippen molar-refractivity contribution in [2.24, 2.45) is 0 Å². The highest BCUT2D eigenvalue weighted by atomic mass is 31.2. The average molecular weight is 426 g/mol. The monoisotopic (exact) mass is 425 g/mol. The summed E-state index contributed by atoms with van der Waals surface area (Å²) in [7, 11) is -3.09. The summed E-state index contributed by atoms with van der Waals surface area (Å²) >= 11 is 0. The van der Waals surface area contributed by atoms with E-state index in [9.17, 15) is 4.57 Å². The van der Waals surface area contributed by atoms with E-state index in [1.807, 2.05) is 78.9 Å². The first-order valence-corrected chi connectivity index (χ1v) is 12.4. The molecule has 2 atom stereocenters. The van der Waals surface area contributed by atoms with Gasteiger partial charge in [0.1, 0.15) is 0 Å².